The van der Waals surface area contributed by atoms with Crippen LogP contribution >= 0.6 is 0 Å². The Hall–Kier alpha value is -1.31. The predicted octanol–water partition coefficient (Wildman–Crippen LogP) is 4.16. The third kappa shape index (κ3) is 4.91. The summed E-state index contributed by atoms with van der Waals surface area (Å²) >= 11 is 0. The predicted molar refractivity (Wildman–Crippen MR) is 79.4 cm³/mol. The summed E-state index contributed by atoms with van der Waals surface area (Å²) in [5.41, 5.74) is 1.91. The van der Waals surface area contributed by atoms with Gasteiger partial charge in [0.15, 0.2) is 0 Å². The second-order valence-electron chi connectivity index (χ2n) is 5.09. The van der Waals surface area contributed by atoms with Crippen LogP contribution in [0, 0.1) is 0 Å². The van der Waals surface area contributed by atoms with Crippen molar-refractivity contribution >= 4 is 5.69 Å². The highest BCUT2D eigenvalue weighted by Gasteiger charge is 2.01. The molecule has 0 unspecified atom stereocenters. The van der Waals surface area contributed by atoms with Gasteiger partial charge in [-0.05, 0) is 30.0 Å². The average Bonchev–Trinajstić information content (AvgIpc) is 2.52. The summed E-state index contributed by atoms with van der Waals surface area (Å²) in [4.78, 5) is 12.0. The average molecular weight is 247 g/mol. The Morgan fingerprint density at radius 1 is 1.17 bits per heavy atom. The molecule has 2 heteroatoms. The molecule has 1 aromatic carbocycles. The Bertz CT molecular complexity index is 412. The first-order valence-corrected chi connectivity index (χ1v) is 7.03. The zero-order valence-corrected chi connectivity index (χ0v) is 11.8. The van der Waals surface area contributed by atoms with Gasteiger partial charge in [-0.1, -0.05) is 52.2 Å². The van der Waals surface area contributed by atoms with Crippen LogP contribution in [0.1, 0.15) is 57.9 Å². The first kappa shape index (κ1) is 14.7. The molecule has 100 valence electrons. The molecule has 0 saturated carbocycles. The number of anilines is 1. The van der Waals surface area contributed by atoms with E-state index >= 15 is 0 Å². The van der Waals surface area contributed by atoms with Gasteiger partial charge in [0.2, 0.25) is 5.43 Å². The number of nitrogens with one attached hydrogen (secondary N) is 1. The second-order valence-corrected chi connectivity index (χ2v) is 5.09. The van der Waals surface area contributed by atoms with Gasteiger partial charge in [-0.3, -0.25) is 4.79 Å². The van der Waals surface area contributed by atoms with Gasteiger partial charge in [-0.15, -0.1) is 0 Å². The molecule has 0 amide bonds. The molecule has 1 N–H and O–H groups in total. The minimum Gasteiger partial charge on any atom is -0.382 e. The van der Waals surface area contributed by atoms with Crippen LogP contribution in [0.5, 0.6) is 0 Å². The second kappa shape index (κ2) is 7.91. The van der Waals surface area contributed by atoms with Crippen LogP contribution in [0.2, 0.25) is 0 Å². The van der Waals surface area contributed by atoms with Crippen molar-refractivity contribution in [1.29, 1.82) is 0 Å². The highest BCUT2D eigenvalue weighted by Crippen LogP contribution is 2.12. The standard InChI is InChI=1S/C16H25NO/c1-4-5-6-7-11-17-15-10-8-9-14(13(2)3)12-16(15)18/h8-10,12-13H,4-7,11H2,1-3H3,(H,17,18). The van der Waals surface area contributed by atoms with E-state index in [4.69, 9.17) is 0 Å². The van der Waals surface area contributed by atoms with Gasteiger partial charge in [0.1, 0.15) is 0 Å². The number of unbranched alkanes of at least 4 members (excludes halogenated alkanes) is 3. The van der Waals surface area contributed by atoms with E-state index in [2.05, 4.69) is 26.1 Å². The largest absolute Gasteiger partial charge is 0.382 e. The fourth-order valence-corrected chi connectivity index (χ4v) is 1.89. The van der Waals surface area contributed by atoms with Gasteiger partial charge in [-0.25, -0.2) is 0 Å². The quantitative estimate of drug-likeness (QED) is 0.733. The Labute approximate surface area is 110 Å². The first-order valence-electron chi connectivity index (χ1n) is 7.03. The van der Waals surface area contributed by atoms with Crippen molar-refractivity contribution < 1.29 is 0 Å². The number of hydrogen-bond donors (Lipinski definition) is 1. The van der Waals surface area contributed by atoms with Crippen molar-refractivity contribution in [2.45, 2.75) is 52.4 Å². The van der Waals surface area contributed by atoms with E-state index in [1.165, 1.54) is 19.3 Å². The van der Waals surface area contributed by atoms with E-state index < -0.39 is 0 Å². The van der Waals surface area contributed by atoms with Gasteiger partial charge in [0, 0.05) is 6.54 Å². The van der Waals surface area contributed by atoms with Crippen LogP contribution in [0.3, 0.4) is 0 Å². The molecular weight excluding hydrogens is 222 g/mol. The fourth-order valence-electron chi connectivity index (χ4n) is 1.89. The first-order chi connectivity index (χ1) is 8.65. The molecule has 2 nitrogen and oxygen atoms in total. The molecule has 0 aliphatic heterocycles. The Kier molecular flexibility index (Phi) is 6.48. The summed E-state index contributed by atoms with van der Waals surface area (Å²) in [6.45, 7) is 7.29. The monoisotopic (exact) mass is 247 g/mol. The maximum Gasteiger partial charge on any atom is 0.201 e. The SMILES string of the molecule is CCCCCCNc1cccc(C(C)C)cc1=O. The van der Waals surface area contributed by atoms with Gasteiger partial charge in [0.05, 0.1) is 5.69 Å². The van der Waals surface area contributed by atoms with E-state index in [1.807, 2.05) is 18.2 Å². The van der Waals surface area contributed by atoms with Crippen LogP contribution < -0.4 is 10.7 Å². The summed E-state index contributed by atoms with van der Waals surface area (Å²) in [6.07, 6.45) is 4.87. The molecule has 0 radical (unpaired) electrons. The zero-order valence-electron chi connectivity index (χ0n) is 11.8. The molecular formula is C16H25NO. The molecule has 18 heavy (non-hydrogen) atoms. The highest BCUT2D eigenvalue weighted by atomic mass is 16.1. The Balaban J connectivity index is 2.62. The lowest BCUT2D eigenvalue weighted by Crippen LogP contribution is -2.10. The molecule has 0 bridgehead atoms. The van der Waals surface area contributed by atoms with Crippen LogP contribution in [0.15, 0.2) is 29.1 Å². The van der Waals surface area contributed by atoms with Gasteiger partial charge in [-0.2, -0.15) is 0 Å². The molecule has 1 aromatic rings. The van der Waals surface area contributed by atoms with Gasteiger partial charge < -0.3 is 5.32 Å². The minimum atomic E-state index is 0.0965. The molecule has 0 saturated heterocycles. The van der Waals surface area contributed by atoms with Gasteiger partial charge >= 0.3 is 0 Å². The maximum absolute atomic E-state index is 12.0. The van der Waals surface area contributed by atoms with E-state index in [0.29, 0.717) is 5.92 Å². The van der Waals surface area contributed by atoms with Crippen LogP contribution in [0.4, 0.5) is 5.69 Å². The van der Waals surface area contributed by atoms with Crippen molar-refractivity contribution in [2.24, 2.45) is 0 Å². The minimum absolute atomic E-state index is 0.0965. The number of hydrogen-bond acceptors (Lipinski definition) is 2. The molecule has 0 heterocycles. The molecule has 0 spiro atoms. The third-order valence-corrected chi connectivity index (χ3v) is 3.13. The molecule has 0 atom stereocenters. The molecule has 1 rings (SSSR count). The molecule has 0 aliphatic carbocycles. The lowest BCUT2D eigenvalue weighted by molar-refractivity contribution is 0.685. The Morgan fingerprint density at radius 3 is 2.61 bits per heavy atom. The van der Waals surface area contributed by atoms with Crippen molar-refractivity contribution in [3.8, 4) is 0 Å². The third-order valence-electron chi connectivity index (χ3n) is 3.13. The van der Waals surface area contributed by atoms with E-state index in [1.54, 1.807) is 6.07 Å². The molecule has 0 aromatic heterocycles. The normalized spacial score (nSPS) is 10.7. The molecule has 0 aliphatic rings. The van der Waals surface area contributed by atoms with E-state index in [9.17, 15) is 4.79 Å². The van der Waals surface area contributed by atoms with Crippen LogP contribution in [-0.2, 0) is 0 Å². The fraction of sp³-hybridized carbons (Fsp3) is 0.562. The summed E-state index contributed by atoms with van der Waals surface area (Å²) in [6, 6.07) is 7.62. The summed E-state index contributed by atoms with van der Waals surface area (Å²) < 4.78 is 0. The van der Waals surface area contributed by atoms with Crippen molar-refractivity contribution in [1.82, 2.24) is 0 Å². The summed E-state index contributed by atoms with van der Waals surface area (Å²) in [7, 11) is 0. The van der Waals surface area contributed by atoms with Gasteiger partial charge in [0.25, 0.3) is 0 Å². The summed E-state index contributed by atoms with van der Waals surface area (Å²) in [5, 5.41) is 3.25. The number of rotatable bonds is 7. The smallest absolute Gasteiger partial charge is 0.201 e. The van der Waals surface area contributed by atoms with Crippen molar-refractivity contribution in [3.63, 3.8) is 0 Å². The van der Waals surface area contributed by atoms with E-state index in [0.717, 1.165) is 24.2 Å². The highest BCUT2D eigenvalue weighted by molar-refractivity contribution is 5.43. The van der Waals surface area contributed by atoms with Crippen molar-refractivity contribution in [3.05, 3.63) is 40.1 Å². The maximum atomic E-state index is 12.0. The lowest BCUT2D eigenvalue weighted by Gasteiger charge is -2.03. The zero-order chi connectivity index (χ0) is 13.4. The van der Waals surface area contributed by atoms with Crippen LogP contribution in [-0.4, -0.2) is 6.54 Å². The van der Waals surface area contributed by atoms with E-state index in [-0.39, 0.29) is 5.43 Å². The lowest BCUT2D eigenvalue weighted by atomic mass is 10.1. The topological polar surface area (TPSA) is 29.1 Å². The van der Waals surface area contributed by atoms with Crippen LogP contribution in [0.25, 0.3) is 0 Å². The Morgan fingerprint density at radius 2 is 1.94 bits per heavy atom. The summed E-state index contributed by atoms with van der Waals surface area (Å²) in [5.74, 6) is 0.391. The van der Waals surface area contributed by atoms with Crippen molar-refractivity contribution in [2.75, 3.05) is 11.9 Å². The molecule has 0 fully saturated rings.